The number of ether oxygens (including phenoxy) is 1. The molecule has 98 valence electrons. The van der Waals surface area contributed by atoms with Crippen LogP contribution in [0.25, 0.3) is 0 Å². The van der Waals surface area contributed by atoms with Crippen LogP contribution in [-0.2, 0) is 4.74 Å². The summed E-state index contributed by atoms with van der Waals surface area (Å²) in [5.74, 6) is -0.575. The van der Waals surface area contributed by atoms with E-state index in [1.165, 1.54) is 24.3 Å². The van der Waals surface area contributed by atoms with E-state index in [1.54, 1.807) is 0 Å². The number of rotatable bonds is 3. The monoisotopic (exact) mass is 252 g/mol. The van der Waals surface area contributed by atoms with Gasteiger partial charge >= 0.3 is 0 Å². The van der Waals surface area contributed by atoms with Crippen molar-refractivity contribution in [2.24, 2.45) is 5.73 Å². The topological polar surface area (TPSA) is 64.3 Å². The van der Waals surface area contributed by atoms with E-state index in [9.17, 15) is 9.18 Å². The summed E-state index contributed by atoms with van der Waals surface area (Å²) >= 11 is 0. The lowest BCUT2D eigenvalue weighted by Crippen LogP contribution is -2.56. The molecular weight excluding hydrogens is 235 g/mol. The van der Waals surface area contributed by atoms with E-state index in [1.807, 2.05) is 0 Å². The number of benzene rings is 1. The molecule has 1 aromatic carbocycles. The van der Waals surface area contributed by atoms with Gasteiger partial charge in [0.25, 0.3) is 5.91 Å². The van der Waals surface area contributed by atoms with E-state index in [-0.39, 0.29) is 11.7 Å². The highest BCUT2D eigenvalue weighted by Crippen LogP contribution is 2.20. The number of carbonyl (C=O) groups is 1. The molecule has 1 heterocycles. The first-order valence-corrected chi connectivity index (χ1v) is 6.01. The molecule has 0 spiro atoms. The maximum Gasteiger partial charge on any atom is 0.251 e. The SMILES string of the molecule is NCC1(NC(=O)c2ccc(F)cc2)CCOCC1. The molecule has 1 aromatic rings. The van der Waals surface area contributed by atoms with Crippen LogP contribution in [0.15, 0.2) is 24.3 Å². The van der Waals surface area contributed by atoms with Crippen molar-refractivity contribution in [2.75, 3.05) is 19.8 Å². The molecule has 0 saturated carbocycles. The van der Waals surface area contributed by atoms with Crippen LogP contribution in [-0.4, -0.2) is 31.2 Å². The molecule has 5 heteroatoms. The van der Waals surface area contributed by atoms with E-state index < -0.39 is 5.54 Å². The van der Waals surface area contributed by atoms with Gasteiger partial charge in [0.1, 0.15) is 5.82 Å². The van der Waals surface area contributed by atoms with Crippen LogP contribution >= 0.6 is 0 Å². The molecule has 0 bridgehead atoms. The summed E-state index contributed by atoms with van der Waals surface area (Å²) in [6.45, 7) is 1.57. The summed E-state index contributed by atoms with van der Waals surface area (Å²) in [5, 5.41) is 2.95. The summed E-state index contributed by atoms with van der Waals surface area (Å²) in [6, 6.07) is 5.48. The van der Waals surface area contributed by atoms with Crippen LogP contribution in [0.1, 0.15) is 23.2 Å². The van der Waals surface area contributed by atoms with Crippen LogP contribution in [0, 0.1) is 5.82 Å². The lowest BCUT2D eigenvalue weighted by Gasteiger charge is -2.36. The average Bonchev–Trinajstić information content (AvgIpc) is 2.40. The maximum atomic E-state index is 12.8. The Balaban J connectivity index is 2.07. The van der Waals surface area contributed by atoms with E-state index >= 15 is 0 Å². The van der Waals surface area contributed by atoms with E-state index in [4.69, 9.17) is 10.5 Å². The molecule has 3 N–H and O–H groups in total. The van der Waals surface area contributed by atoms with Gasteiger partial charge in [-0.3, -0.25) is 4.79 Å². The fraction of sp³-hybridized carbons (Fsp3) is 0.462. The Morgan fingerprint density at radius 1 is 1.33 bits per heavy atom. The van der Waals surface area contributed by atoms with E-state index in [0.717, 1.165) is 0 Å². The molecule has 2 rings (SSSR count). The van der Waals surface area contributed by atoms with Gasteiger partial charge in [-0.25, -0.2) is 4.39 Å². The summed E-state index contributed by atoms with van der Waals surface area (Å²) in [5.41, 5.74) is 5.80. The molecule has 1 fully saturated rings. The minimum atomic E-state index is -0.399. The first-order chi connectivity index (χ1) is 8.65. The van der Waals surface area contributed by atoms with Gasteiger partial charge in [0, 0.05) is 25.3 Å². The molecule has 1 aliphatic rings. The van der Waals surface area contributed by atoms with Gasteiger partial charge in [0.15, 0.2) is 0 Å². The molecule has 0 unspecified atom stereocenters. The fourth-order valence-corrected chi connectivity index (χ4v) is 2.06. The quantitative estimate of drug-likeness (QED) is 0.845. The van der Waals surface area contributed by atoms with Gasteiger partial charge in [0.2, 0.25) is 0 Å². The summed E-state index contributed by atoms with van der Waals surface area (Å²) < 4.78 is 18.1. The van der Waals surface area contributed by atoms with E-state index in [2.05, 4.69) is 5.32 Å². The molecule has 18 heavy (non-hydrogen) atoms. The third-order valence-electron chi connectivity index (χ3n) is 3.33. The van der Waals surface area contributed by atoms with Crippen LogP contribution in [0.2, 0.25) is 0 Å². The highest BCUT2D eigenvalue weighted by molar-refractivity contribution is 5.94. The van der Waals surface area contributed by atoms with Gasteiger partial charge in [-0.2, -0.15) is 0 Å². The largest absolute Gasteiger partial charge is 0.381 e. The zero-order chi connectivity index (χ0) is 13.0. The molecule has 4 nitrogen and oxygen atoms in total. The summed E-state index contributed by atoms with van der Waals surface area (Å²) in [7, 11) is 0. The van der Waals surface area contributed by atoms with Gasteiger partial charge in [-0.1, -0.05) is 0 Å². The zero-order valence-corrected chi connectivity index (χ0v) is 10.1. The van der Waals surface area contributed by atoms with Gasteiger partial charge < -0.3 is 15.8 Å². The first-order valence-electron chi connectivity index (χ1n) is 6.01. The number of hydrogen-bond donors (Lipinski definition) is 2. The van der Waals surface area contributed by atoms with Crippen LogP contribution in [0.3, 0.4) is 0 Å². The normalized spacial score (nSPS) is 18.3. The van der Waals surface area contributed by atoms with Crippen molar-refractivity contribution >= 4 is 5.91 Å². The maximum absolute atomic E-state index is 12.8. The average molecular weight is 252 g/mol. The highest BCUT2D eigenvalue weighted by Gasteiger charge is 2.32. The van der Waals surface area contributed by atoms with Crippen molar-refractivity contribution in [3.8, 4) is 0 Å². The van der Waals surface area contributed by atoms with Gasteiger partial charge in [-0.15, -0.1) is 0 Å². The standard InChI is InChI=1S/C13H17FN2O2/c14-11-3-1-10(2-4-11)12(17)16-13(9-15)5-7-18-8-6-13/h1-4H,5-9,15H2,(H,16,17). The van der Waals surface area contributed by atoms with Crippen molar-refractivity contribution in [3.05, 3.63) is 35.6 Å². The number of amides is 1. The van der Waals surface area contributed by atoms with Crippen molar-refractivity contribution in [2.45, 2.75) is 18.4 Å². The Morgan fingerprint density at radius 3 is 2.50 bits per heavy atom. The van der Waals surface area contributed by atoms with Crippen molar-refractivity contribution in [1.82, 2.24) is 5.32 Å². The number of halogens is 1. The number of nitrogens with one attached hydrogen (secondary N) is 1. The summed E-state index contributed by atoms with van der Waals surface area (Å²) in [6.07, 6.45) is 1.41. The summed E-state index contributed by atoms with van der Waals surface area (Å²) in [4.78, 5) is 12.1. The predicted molar refractivity (Wildman–Crippen MR) is 65.7 cm³/mol. The fourth-order valence-electron chi connectivity index (χ4n) is 2.06. The molecule has 0 aromatic heterocycles. The molecule has 0 atom stereocenters. The van der Waals surface area contributed by atoms with Crippen LogP contribution < -0.4 is 11.1 Å². The Morgan fingerprint density at radius 2 is 1.94 bits per heavy atom. The van der Waals surface area contributed by atoms with Gasteiger partial charge in [0.05, 0.1) is 5.54 Å². The Labute approximate surface area is 105 Å². The first kappa shape index (κ1) is 13.0. The molecular formula is C13H17FN2O2. The van der Waals surface area contributed by atoms with Gasteiger partial charge in [-0.05, 0) is 37.1 Å². The highest BCUT2D eigenvalue weighted by atomic mass is 19.1. The molecule has 1 amide bonds. The Kier molecular flexibility index (Phi) is 3.93. The lowest BCUT2D eigenvalue weighted by atomic mass is 9.89. The second-order valence-electron chi connectivity index (χ2n) is 4.56. The molecule has 1 saturated heterocycles. The van der Waals surface area contributed by atoms with E-state index in [0.29, 0.717) is 38.2 Å². The number of carbonyl (C=O) groups excluding carboxylic acids is 1. The minimum absolute atomic E-state index is 0.220. The molecule has 0 aliphatic carbocycles. The minimum Gasteiger partial charge on any atom is -0.381 e. The van der Waals surface area contributed by atoms with Crippen LogP contribution in [0.5, 0.6) is 0 Å². The molecule has 1 aliphatic heterocycles. The van der Waals surface area contributed by atoms with Crippen molar-refractivity contribution in [3.63, 3.8) is 0 Å². The van der Waals surface area contributed by atoms with Crippen molar-refractivity contribution < 1.29 is 13.9 Å². The zero-order valence-electron chi connectivity index (χ0n) is 10.1. The number of hydrogen-bond acceptors (Lipinski definition) is 3. The molecule has 0 radical (unpaired) electrons. The second-order valence-corrected chi connectivity index (χ2v) is 4.56. The Bertz CT molecular complexity index is 414. The predicted octanol–water partition coefficient (Wildman–Crippen LogP) is 1.06. The third-order valence-corrected chi connectivity index (χ3v) is 3.33. The van der Waals surface area contributed by atoms with Crippen LogP contribution in [0.4, 0.5) is 4.39 Å². The number of nitrogens with two attached hydrogens (primary N) is 1. The second kappa shape index (κ2) is 5.46. The third kappa shape index (κ3) is 2.86. The van der Waals surface area contributed by atoms with Crippen molar-refractivity contribution in [1.29, 1.82) is 0 Å². The smallest absolute Gasteiger partial charge is 0.251 e. The lowest BCUT2D eigenvalue weighted by molar-refractivity contribution is 0.0388. The Hall–Kier alpha value is -1.46.